The van der Waals surface area contributed by atoms with Crippen molar-refractivity contribution in [3.63, 3.8) is 0 Å². The van der Waals surface area contributed by atoms with E-state index in [4.69, 9.17) is 17.3 Å². The lowest BCUT2D eigenvalue weighted by atomic mass is 10.1. The smallest absolute Gasteiger partial charge is 0.264 e. The van der Waals surface area contributed by atoms with E-state index >= 15 is 0 Å². The number of aryl methyl sites for hydroxylation is 1. The number of nitrogen functional groups attached to an aromatic ring is 1. The molecule has 0 aliphatic carbocycles. The van der Waals surface area contributed by atoms with Gasteiger partial charge in [0.15, 0.2) is 21.9 Å². The number of anilines is 1. The van der Waals surface area contributed by atoms with E-state index in [0.717, 1.165) is 23.5 Å². The Labute approximate surface area is 122 Å². The predicted octanol–water partition coefficient (Wildman–Crippen LogP) is 2.90. The number of thiazole rings is 1. The molecular weight excluding hydrogens is 308 g/mol. The SMILES string of the molecule is Cc1cc(F)c(F)cc1CNC(=O)c1sc(N)nc1Cl. The first-order valence-electron chi connectivity index (χ1n) is 5.53. The van der Waals surface area contributed by atoms with Crippen molar-refractivity contribution in [1.29, 1.82) is 0 Å². The third kappa shape index (κ3) is 3.05. The van der Waals surface area contributed by atoms with Crippen molar-refractivity contribution in [2.45, 2.75) is 13.5 Å². The molecule has 0 fully saturated rings. The molecule has 8 heteroatoms. The Morgan fingerprint density at radius 1 is 1.45 bits per heavy atom. The Bertz CT molecular complexity index is 675. The maximum absolute atomic E-state index is 13.1. The van der Waals surface area contributed by atoms with Gasteiger partial charge in [-0.1, -0.05) is 22.9 Å². The average Bonchev–Trinajstić information content (AvgIpc) is 2.71. The van der Waals surface area contributed by atoms with Gasteiger partial charge in [0.1, 0.15) is 4.88 Å². The lowest BCUT2D eigenvalue weighted by Crippen LogP contribution is -2.22. The van der Waals surface area contributed by atoms with Crippen LogP contribution in [-0.4, -0.2) is 10.9 Å². The highest BCUT2D eigenvalue weighted by atomic mass is 35.5. The molecule has 0 saturated carbocycles. The van der Waals surface area contributed by atoms with Crippen molar-refractivity contribution in [2.75, 3.05) is 5.73 Å². The fraction of sp³-hybridized carbons (Fsp3) is 0.167. The second-order valence-corrected chi connectivity index (χ2v) is 5.44. The van der Waals surface area contributed by atoms with E-state index in [1.807, 2.05) is 0 Å². The van der Waals surface area contributed by atoms with Crippen LogP contribution >= 0.6 is 22.9 Å². The highest BCUT2D eigenvalue weighted by Gasteiger charge is 2.16. The van der Waals surface area contributed by atoms with E-state index in [1.54, 1.807) is 6.92 Å². The van der Waals surface area contributed by atoms with Gasteiger partial charge in [-0.3, -0.25) is 4.79 Å². The average molecular weight is 318 g/mol. The van der Waals surface area contributed by atoms with E-state index in [1.165, 1.54) is 0 Å². The summed E-state index contributed by atoms with van der Waals surface area (Å²) in [7, 11) is 0. The minimum Gasteiger partial charge on any atom is -0.375 e. The summed E-state index contributed by atoms with van der Waals surface area (Å²) in [5.41, 5.74) is 6.46. The van der Waals surface area contributed by atoms with Crippen LogP contribution in [0.3, 0.4) is 0 Å². The molecule has 1 aromatic carbocycles. The molecule has 106 valence electrons. The Kier molecular flexibility index (Phi) is 4.20. The Hall–Kier alpha value is -1.73. The summed E-state index contributed by atoms with van der Waals surface area (Å²) in [5, 5.41) is 2.76. The summed E-state index contributed by atoms with van der Waals surface area (Å²) in [6, 6.07) is 2.13. The van der Waals surface area contributed by atoms with Crippen molar-refractivity contribution in [3.05, 3.63) is 44.9 Å². The summed E-state index contributed by atoms with van der Waals surface area (Å²) < 4.78 is 26.1. The highest BCUT2D eigenvalue weighted by Crippen LogP contribution is 2.24. The fourth-order valence-electron chi connectivity index (χ4n) is 1.59. The molecule has 0 radical (unpaired) electrons. The number of benzene rings is 1. The number of halogens is 3. The first-order valence-corrected chi connectivity index (χ1v) is 6.72. The monoisotopic (exact) mass is 317 g/mol. The van der Waals surface area contributed by atoms with Crippen molar-refractivity contribution < 1.29 is 13.6 Å². The minimum absolute atomic E-state index is 0.0204. The van der Waals surface area contributed by atoms with Gasteiger partial charge in [0.25, 0.3) is 5.91 Å². The third-order valence-corrected chi connectivity index (χ3v) is 3.90. The van der Waals surface area contributed by atoms with E-state index in [0.29, 0.717) is 11.1 Å². The number of nitrogens with two attached hydrogens (primary N) is 1. The van der Waals surface area contributed by atoms with E-state index in [9.17, 15) is 13.6 Å². The van der Waals surface area contributed by atoms with E-state index < -0.39 is 17.5 Å². The summed E-state index contributed by atoms with van der Waals surface area (Å²) in [6.45, 7) is 1.68. The van der Waals surface area contributed by atoms with Crippen molar-refractivity contribution >= 4 is 34.0 Å². The molecule has 0 unspecified atom stereocenters. The summed E-state index contributed by atoms with van der Waals surface area (Å²) in [5.74, 6) is -2.34. The largest absolute Gasteiger partial charge is 0.375 e. The van der Waals surface area contributed by atoms with E-state index in [-0.39, 0.29) is 21.7 Å². The molecule has 4 nitrogen and oxygen atoms in total. The van der Waals surface area contributed by atoms with Gasteiger partial charge < -0.3 is 11.1 Å². The van der Waals surface area contributed by atoms with Gasteiger partial charge in [-0.25, -0.2) is 13.8 Å². The summed E-state index contributed by atoms with van der Waals surface area (Å²) in [6.07, 6.45) is 0. The van der Waals surface area contributed by atoms with Crippen LogP contribution in [0.2, 0.25) is 5.15 Å². The first-order chi connectivity index (χ1) is 9.38. The Morgan fingerprint density at radius 2 is 2.10 bits per heavy atom. The molecule has 0 aliphatic heterocycles. The number of nitrogens with one attached hydrogen (secondary N) is 1. The maximum Gasteiger partial charge on any atom is 0.264 e. The van der Waals surface area contributed by atoms with Crippen molar-refractivity contribution in [2.24, 2.45) is 0 Å². The van der Waals surface area contributed by atoms with Crippen LogP contribution in [0.25, 0.3) is 0 Å². The van der Waals surface area contributed by atoms with Crippen molar-refractivity contribution in [3.8, 4) is 0 Å². The van der Waals surface area contributed by atoms with Crippen LogP contribution in [-0.2, 0) is 6.54 Å². The lowest BCUT2D eigenvalue weighted by molar-refractivity contribution is 0.0955. The Morgan fingerprint density at radius 3 is 2.70 bits per heavy atom. The second kappa shape index (κ2) is 5.72. The molecule has 2 aromatic rings. The fourth-order valence-corrected chi connectivity index (χ4v) is 2.57. The van der Waals surface area contributed by atoms with Gasteiger partial charge in [0.2, 0.25) is 0 Å². The number of rotatable bonds is 3. The summed E-state index contributed by atoms with van der Waals surface area (Å²) >= 11 is 6.70. The molecule has 0 aliphatic rings. The number of hydrogen-bond acceptors (Lipinski definition) is 4. The summed E-state index contributed by atoms with van der Waals surface area (Å²) in [4.78, 5) is 15.8. The molecule has 0 atom stereocenters. The zero-order valence-electron chi connectivity index (χ0n) is 10.3. The zero-order chi connectivity index (χ0) is 14.9. The van der Waals surface area contributed by atoms with Crippen LogP contribution in [0.1, 0.15) is 20.8 Å². The van der Waals surface area contributed by atoms with Crippen LogP contribution < -0.4 is 11.1 Å². The first kappa shape index (κ1) is 14.7. The molecule has 0 spiro atoms. The number of amides is 1. The Balaban J connectivity index is 2.11. The van der Waals surface area contributed by atoms with E-state index in [2.05, 4.69) is 10.3 Å². The zero-order valence-corrected chi connectivity index (χ0v) is 11.9. The molecule has 3 N–H and O–H groups in total. The standard InChI is InChI=1S/C12H10ClF2N3OS/c1-5-2-7(14)8(15)3-6(5)4-17-11(19)9-10(13)18-12(16)20-9/h2-3H,4H2,1H3,(H2,16,18)(H,17,19). The third-order valence-electron chi connectivity index (χ3n) is 2.63. The number of aromatic nitrogens is 1. The number of carbonyl (C=O) groups is 1. The van der Waals surface area contributed by atoms with Crippen LogP contribution in [0.5, 0.6) is 0 Å². The van der Waals surface area contributed by atoms with Gasteiger partial charge in [0, 0.05) is 6.54 Å². The van der Waals surface area contributed by atoms with Crippen LogP contribution in [0.4, 0.5) is 13.9 Å². The lowest BCUT2D eigenvalue weighted by Gasteiger charge is -2.08. The number of carbonyl (C=O) groups excluding carboxylic acids is 1. The van der Waals surface area contributed by atoms with Crippen molar-refractivity contribution in [1.82, 2.24) is 10.3 Å². The molecule has 1 aromatic heterocycles. The van der Waals surface area contributed by atoms with Gasteiger partial charge in [-0.05, 0) is 30.2 Å². The number of nitrogens with zero attached hydrogens (tertiary/aromatic N) is 1. The molecule has 0 bridgehead atoms. The quantitative estimate of drug-likeness (QED) is 0.914. The topological polar surface area (TPSA) is 68.0 Å². The molecule has 1 heterocycles. The van der Waals surface area contributed by atoms with Gasteiger partial charge >= 0.3 is 0 Å². The predicted molar refractivity (Wildman–Crippen MR) is 73.8 cm³/mol. The number of hydrogen-bond donors (Lipinski definition) is 2. The molecule has 1 amide bonds. The molecule has 20 heavy (non-hydrogen) atoms. The van der Waals surface area contributed by atoms with Crippen LogP contribution in [0, 0.1) is 18.6 Å². The molecule has 2 rings (SSSR count). The van der Waals surface area contributed by atoms with Gasteiger partial charge in [-0.2, -0.15) is 0 Å². The highest BCUT2D eigenvalue weighted by molar-refractivity contribution is 7.17. The molecule has 0 saturated heterocycles. The maximum atomic E-state index is 13.1. The minimum atomic E-state index is -0.958. The van der Waals surface area contributed by atoms with Gasteiger partial charge in [-0.15, -0.1) is 0 Å². The second-order valence-electron chi connectivity index (χ2n) is 4.05. The van der Waals surface area contributed by atoms with Gasteiger partial charge in [0.05, 0.1) is 0 Å². The van der Waals surface area contributed by atoms with Crippen LogP contribution in [0.15, 0.2) is 12.1 Å². The molecular formula is C12H10ClF2N3OS. The normalized spacial score (nSPS) is 10.6.